The van der Waals surface area contributed by atoms with Crippen LogP contribution in [0, 0.1) is 0 Å². The third-order valence-corrected chi connectivity index (χ3v) is 4.86. The Kier molecular flexibility index (Phi) is 3.89. The summed E-state index contributed by atoms with van der Waals surface area (Å²) in [6.07, 6.45) is 4.14. The second-order valence-corrected chi connectivity index (χ2v) is 6.62. The van der Waals surface area contributed by atoms with E-state index >= 15 is 0 Å². The van der Waals surface area contributed by atoms with Gasteiger partial charge in [0.05, 0.1) is 12.7 Å². The Hall–Kier alpha value is -1.55. The number of nitrogens with one attached hydrogen (secondary N) is 1. The topological polar surface area (TPSA) is 42.2 Å². The Balaban J connectivity index is 1.66. The fourth-order valence-electron chi connectivity index (χ4n) is 2.89. The molecule has 1 unspecified atom stereocenters. The summed E-state index contributed by atoms with van der Waals surface area (Å²) in [7, 11) is 0. The third kappa shape index (κ3) is 3.05. The molecule has 1 aromatic carbocycles. The van der Waals surface area contributed by atoms with Gasteiger partial charge in [0.15, 0.2) is 0 Å². The highest BCUT2D eigenvalue weighted by molar-refractivity contribution is 9.10. The Morgan fingerprint density at radius 1 is 1.33 bits per heavy atom. The lowest BCUT2D eigenvalue weighted by molar-refractivity contribution is -0.121. The number of carbonyl (C=O) groups is 1. The lowest BCUT2D eigenvalue weighted by atomic mass is 9.89. The zero-order chi connectivity index (χ0) is 14.9. The minimum atomic E-state index is 0.0147. The monoisotopic (exact) mass is 347 g/mol. The Labute approximate surface area is 132 Å². The van der Waals surface area contributed by atoms with Crippen LogP contribution >= 0.6 is 15.9 Å². The van der Waals surface area contributed by atoms with Crippen LogP contribution in [-0.2, 0) is 16.6 Å². The SMILES string of the molecule is CC(NC(=O)Cc1ccco1)C1(c2ccc(Br)cc2)CC1. The van der Waals surface area contributed by atoms with Crippen LogP contribution in [0.1, 0.15) is 31.1 Å². The molecule has 3 nitrogen and oxygen atoms in total. The normalized spacial score (nSPS) is 17.2. The molecular weight excluding hydrogens is 330 g/mol. The van der Waals surface area contributed by atoms with Crippen molar-refractivity contribution in [2.75, 3.05) is 0 Å². The van der Waals surface area contributed by atoms with Gasteiger partial charge in [-0.3, -0.25) is 4.79 Å². The van der Waals surface area contributed by atoms with Gasteiger partial charge in [-0.2, -0.15) is 0 Å². The minimum absolute atomic E-state index is 0.0147. The van der Waals surface area contributed by atoms with Gasteiger partial charge in [-0.25, -0.2) is 0 Å². The van der Waals surface area contributed by atoms with Crippen molar-refractivity contribution in [2.24, 2.45) is 0 Å². The van der Waals surface area contributed by atoms with Crippen LogP contribution in [0.5, 0.6) is 0 Å². The molecule has 1 aliphatic carbocycles. The quantitative estimate of drug-likeness (QED) is 0.893. The molecule has 21 heavy (non-hydrogen) atoms. The zero-order valence-corrected chi connectivity index (χ0v) is 13.5. The maximum atomic E-state index is 12.1. The maximum absolute atomic E-state index is 12.1. The average molecular weight is 348 g/mol. The summed E-state index contributed by atoms with van der Waals surface area (Å²) in [5.74, 6) is 0.717. The van der Waals surface area contributed by atoms with Gasteiger partial charge in [0.1, 0.15) is 5.76 Å². The number of benzene rings is 1. The highest BCUT2D eigenvalue weighted by Gasteiger charge is 2.49. The fourth-order valence-corrected chi connectivity index (χ4v) is 3.15. The second-order valence-electron chi connectivity index (χ2n) is 5.71. The molecule has 3 rings (SSSR count). The average Bonchev–Trinajstić information content (AvgIpc) is 3.12. The summed E-state index contributed by atoms with van der Waals surface area (Å²) in [6.45, 7) is 2.09. The van der Waals surface area contributed by atoms with Crippen molar-refractivity contribution in [3.05, 3.63) is 58.5 Å². The summed E-state index contributed by atoms with van der Waals surface area (Å²) in [5.41, 5.74) is 1.40. The molecular formula is C17H18BrNO2. The van der Waals surface area contributed by atoms with Gasteiger partial charge in [0, 0.05) is 15.9 Å². The van der Waals surface area contributed by atoms with Crippen molar-refractivity contribution in [2.45, 2.75) is 37.6 Å². The van der Waals surface area contributed by atoms with Crippen LogP contribution in [-0.4, -0.2) is 11.9 Å². The van der Waals surface area contributed by atoms with E-state index in [4.69, 9.17) is 4.42 Å². The van der Waals surface area contributed by atoms with Crippen LogP contribution < -0.4 is 5.32 Å². The first-order chi connectivity index (χ1) is 10.1. The first-order valence-corrected chi connectivity index (χ1v) is 7.97. The van der Waals surface area contributed by atoms with E-state index in [9.17, 15) is 4.79 Å². The van der Waals surface area contributed by atoms with Gasteiger partial charge in [0.2, 0.25) is 5.91 Å². The number of furan rings is 1. The lowest BCUT2D eigenvalue weighted by Gasteiger charge is -2.25. The summed E-state index contributed by atoms with van der Waals surface area (Å²) < 4.78 is 6.30. The highest BCUT2D eigenvalue weighted by atomic mass is 79.9. The Morgan fingerprint density at radius 2 is 2.05 bits per heavy atom. The predicted molar refractivity (Wildman–Crippen MR) is 85.1 cm³/mol. The van der Waals surface area contributed by atoms with Crippen LogP contribution in [0.4, 0.5) is 0 Å². The van der Waals surface area contributed by atoms with Gasteiger partial charge in [-0.1, -0.05) is 28.1 Å². The molecule has 1 heterocycles. The predicted octanol–water partition coefficient (Wildman–Crippen LogP) is 3.82. The lowest BCUT2D eigenvalue weighted by Crippen LogP contribution is -2.41. The van der Waals surface area contributed by atoms with E-state index in [0.717, 1.165) is 17.3 Å². The summed E-state index contributed by atoms with van der Waals surface area (Å²) in [6, 6.07) is 12.2. The van der Waals surface area contributed by atoms with Gasteiger partial charge in [-0.15, -0.1) is 0 Å². The Bertz CT molecular complexity index is 615. The molecule has 1 amide bonds. The first-order valence-electron chi connectivity index (χ1n) is 7.18. The van der Waals surface area contributed by atoms with Gasteiger partial charge >= 0.3 is 0 Å². The van der Waals surface area contributed by atoms with Crippen LogP contribution in [0.3, 0.4) is 0 Å². The molecule has 1 atom stereocenters. The van der Waals surface area contributed by atoms with Crippen molar-refractivity contribution in [1.82, 2.24) is 5.32 Å². The second kappa shape index (κ2) is 5.68. The number of hydrogen-bond acceptors (Lipinski definition) is 2. The number of halogens is 1. The number of hydrogen-bond donors (Lipinski definition) is 1. The molecule has 0 spiro atoms. The molecule has 1 aliphatic rings. The van der Waals surface area contributed by atoms with Gasteiger partial charge in [0.25, 0.3) is 0 Å². The summed E-state index contributed by atoms with van der Waals surface area (Å²) in [5, 5.41) is 3.12. The smallest absolute Gasteiger partial charge is 0.227 e. The molecule has 4 heteroatoms. The van der Waals surface area contributed by atoms with Crippen molar-refractivity contribution >= 4 is 21.8 Å². The Morgan fingerprint density at radius 3 is 2.62 bits per heavy atom. The molecule has 110 valence electrons. The fraction of sp³-hybridized carbons (Fsp3) is 0.353. The number of carbonyl (C=O) groups excluding carboxylic acids is 1. The zero-order valence-electron chi connectivity index (χ0n) is 11.9. The molecule has 0 aliphatic heterocycles. The molecule has 0 saturated heterocycles. The van der Waals surface area contributed by atoms with E-state index in [0.29, 0.717) is 12.2 Å². The number of amides is 1. The molecule has 1 fully saturated rings. The first kappa shape index (κ1) is 14.4. The summed E-state index contributed by atoms with van der Waals surface area (Å²) in [4.78, 5) is 12.1. The molecule has 2 aromatic rings. The van der Waals surface area contributed by atoms with Crippen molar-refractivity contribution < 1.29 is 9.21 Å². The molecule has 1 aromatic heterocycles. The molecule has 0 bridgehead atoms. The minimum Gasteiger partial charge on any atom is -0.469 e. The molecule has 1 N–H and O–H groups in total. The van der Waals surface area contributed by atoms with Crippen LogP contribution in [0.2, 0.25) is 0 Å². The third-order valence-electron chi connectivity index (χ3n) is 4.33. The van der Waals surface area contributed by atoms with Crippen LogP contribution in [0.25, 0.3) is 0 Å². The summed E-state index contributed by atoms with van der Waals surface area (Å²) >= 11 is 3.46. The highest BCUT2D eigenvalue weighted by Crippen LogP contribution is 2.51. The molecule has 0 radical (unpaired) electrons. The van der Waals surface area contributed by atoms with Crippen molar-refractivity contribution in [3.8, 4) is 0 Å². The van der Waals surface area contributed by atoms with E-state index in [1.807, 2.05) is 6.07 Å². The molecule has 1 saturated carbocycles. The van der Waals surface area contributed by atoms with E-state index < -0.39 is 0 Å². The van der Waals surface area contributed by atoms with Crippen molar-refractivity contribution in [3.63, 3.8) is 0 Å². The standard InChI is InChI=1S/C17H18BrNO2/c1-12(19-16(20)11-15-3-2-10-21-15)17(8-9-17)13-4-6-14(18)7-5-13/h2-7,10,12H,8-9,11H2,1H3,(H,19,20). The van der Waals surface area contributed by atoms with Gasteiger partial charge < -0.3 is 9.73 Å². The number of rotatable bonds is 5. The largest absolute Gasteiger partial charge is 0.469 e. The van der Waals surface area contributed by atoms with E-state index in [1.54, 1.807) is 12.3 Å². The maximum Gasteiger partial charge on any atom is 0.227 e. The van der Waals surface area contributed by atoms with E-state index in [1.165, 1.54) is 5.56 Å². The van der Waals surface area contributed by atoms with E-state index in [2.05, 4.69) is 52.4 Å². The van der Waals surface area contributed by atoms with Crippen molar-refractivity contribution in [1.29, 1.82) is 0 Å². The van der Waals surface area contributed by atoms with Crippen LogP contribution in [0.15, 0.2) is 51.6 Å². The van der Waals surface area contributed by atoms with Gasteiger partial charge in [-0.05, 0) is 49.6 Å². The van der Waals surface area contributed by atoms with E-state index in [-0.39, 0.29) is 17.4 Å².